The number of phenolic OH excluding ortho intramolecular Hbond substituents is 1. The Labute approximate surface area is 128 Å². The van der Waals surface area contributed by atoms with Crippen LogP contribution in [0.25, 0.3) is 0 Å². The van der Waals surface area contributed by atoms with Gasteiger partial charge in [0.25, 0.3) is 5.91 Å². The first-order valence-corrected chi connectivity index (χ1v) is 6.69. The lowest BCUT2D eigenvalue weighted by molar-refractivity contribution is -0.139. The van der Waals surface area contributed by atoms with E-state index in [1.165, 1.54) is 18.2 Å². The number of hydrogen-bond acceptors (Lipinski definition) is 4. The van der Waals surface area contributed by atoms with Crippen molar-refractivity contribution in [2.24, 2.45) is 5.73 Å². The number of nitrogens with one attached hydrogen (secondary N) is 1. The highest BCUT2D eigenvalue weighted by Crippen LogP contribution is 2.20. The van der Waals surface area contributed by atoms with Crippen LogP contribution in [0.15, 0.2) is 18.2 Å². The van der Waals surface area contributed by atoms with Crippen molar-refractivity contribution in [3.8, 4) is 5.75 Å². The van der Waals surface area contributed by atoms with Crippen molar-refractivity contribution < 1.29 is 24.6 Å². The number of carbonyl (C=O) groups is 3. The molecule has 2 amide bonds. The quantitative estimate of drug-likeness (QED) is 0.523. The molecule has 0 aromatic heterocycles. The fraction of sp³-hybridized carbons (Fsp3) is 0.250. The van der Waals surface area contributed by atoms with Crippen LogP contribution in [-0.4, -0.2) is 34.0 Å². The summed E-state index contributed by atoms with van der Waals surface area (Å²) in [7, 11) is 0. The van der Waals surface area contributed by atoms with E-state index in [1.54, 1.807) is 0 Å². The van der Waals surface area contributed by atoms with E-state index in [0.717, 1.165) is 0 Å². The van der Waals surface area contributed by atoms with E-state index >= 15 is 0 Å². The molecule has 1 rings (SSSR count). The fourth-order valence-corrected chi connectivity index (χ4v) is 1.77. The van der Waals surface area contributed by atoms with Gasteiger partial charge in [0.1, 0.15) is 11.8 Å². The topological polar surface area (TPSA) is 130 Å². The fourth-order valence-electron chi connectivity index (χ4n) is 1.44. The third kappa shape index (κ3) is 4.68. The second-order valence-corrected chi connectivity index (χ2v) is 5.20. The summed E-state index contributed by atoms with van der Waals surface area (Å²) in [6.07, 6.45) is -0.234. The Morgan fingerprint density at radius 2 is 2.00 bits per heavy atom. The van der Waals surface area contributed by atoms with Crippen molar-refractivity contribution in [2.75, 3.05) is 0 Å². The minimum atomic E-state index is -1.26. The Morgan fingerprint density at radius 3 is 2.50 bits per heavy atom. The molecule has 5 N–H and O–H groups in total. The number of phenols is 1. The van der Waals surface area contributed by atoms with E-state index in [9.17, 15) is 19.5 Å². The molecule has 0 bridgehead atoms. The predicted molar refractivity (Wildman–Crippen MR) is 78.1 cm³/mol. The number of primary amides is 1. The lowest BCUT2D eigenvalue weighted by atomic mass is 10.1. The molecule has 8 heteroatoms. The lowest BCUT2D eigenvalue weighted by Gasteiger charge is -2.14. The first kappa shape index (κ1) is 16.2. The van der Waals surface area contributed by atoms with Crippen molar-refractivity contribution in [3.63, 3.8) is 0 Å². The van der Waals surface area contributed by atoms with Crippen LogP contribution in [0.4, 0.5) is 0 Å². The normalized spacial score (nSPS) is 11.7. The summed E-state index contributed by atoms with van der Waals surface area (Å²) < 4.78 is 0.572. The highest BCUT2D eigenvalue weighted by molar-refractivity contribution is 14.1. The lowest BCUT2D eigenvalue weighted by Crippen LogP contribution is -2.41. The number of benzene rings is 1. The van der Waals surface area contributed by atoms with Gasteiger partial charge in [0.2, 0.25) is 5.91 Å². The Hall–Kier alpha value is -1.84. The van der Waals surface area contributed by atoms with E-state index in [-0.39, 0.29) is 24.2 Å². The van der Waals surface area contributed by atoms with Gasteiger partial charge in [0.15, 0.2) is 0 Å². The van der Waals surface area contributed by atoms with Gasteiger partial charge in [-0.2, -0.15) is 0 Å². The number of carboxylic acid groups (broad SMARTS) is 1. The number of halogens is 1. The summed E-state index contributed by atoms with van der Waals surface area (Å²) in [6.45, 7) is 0. The molecule has 0 aliphatic rings. The number of nitrogens with two attached hydrogens (primary N) is 1. The summed E-state index contributed by atoms with van der Waals surface area (Å²) in [5.74, 6) is -2.61. The van der Waals surface area contributed by atoms with Gasteiger partial charge >= 0.3 is 5.97 Å². The number of aliphatic carboxylic acids is 1. The zero-order valence-electron chi connectivity index (χ0n) is 10.3. The number of carboxylic acids is 1. The Balaban J connectivity index is 2.77. The first-order chi connectivity index (χ1) is 9.31. The van der Waals surface area contributed by atoms with Crippen LogP contribution >= 0.6 is 22.6 Å². The Bertz CT molecular complexity index is 547. The van der Waals surface area contributed by atoms with Crippen LogP contribution in [0.3, 0.4) is 0 Å². The van der Waals surface area contributed by atoms with E-state index < -0.39 is 23.8 Å². The molecule has 7 nitrogen and oxygen atoms in total. The first-order valence-electron chi connectivity index (χ1n) is 5.61. The van der Waals surface area contributed by atoms with Gasteiger partial charge in [0.05, 0.1) is 3.57 Å². The van der Waals surface area contributed by atoms with Gasteiger partial charge in [-0.1, -0.05) is 0 Å². The molecule has 1 aromatic carbocycles. The molecular weight excluding hydrogens is 379 g/mol. The van der Waals surface area contributed by atoms with Gasteiger partial charge in [-0.25, -0.2) is 4.79 Å². The van der Waals surface area contributed by atoms with Gasteiger partial charge in [-0.3, -0.25) is 9.59 Å². The predicted octanol–water partition coefficient (Wildman–Crippen LogP) is 0.445. The molecule has 1 unspecified atom stereocenters. The average Bonchev–Trinajstić information content (AvgIpc) is 2.36. The average molecular weight is 392 g/mol. The molecule has 1 aromatic rings. The summed E-state index contributed by atoms with van der Waals surface area (Å²) in [4.78, 5) is 33.5. The number of aromatic hydroxyl groups is 1. The molecule has 0 radical (unpaired) electrons. The second-order valence-electron chi connectivity index (χ2n) is 4.04. The smallest absolute Gasteiger partial charge is 0.326 e. The zero-order chi connectivity index (χ0) is 15.3. The van der Waals surface area contributed by atoms with Crippen molar-refractivity contribution in [2.45, 2.75) is 18.9 Å². The third-order valence-corrected chi connectivity index (χ3v) is 3.40. The summed E-state index contributed by atoms with van der Waals surface area (Å²) in [5.41, 5.74) is 5.07. The van der Waals surface area contributed by atoms with Gasteiger partial charge in [-0.05, 0) is 47.2 Å². The molecule has 0 aliphatic heterocycles. The van der Waals surface area contributed by atoms with Crippen LogP contribution in [0, 0.1) is 3.57 Å². The van der Waals surface area contributed by atoms with Crippen LogP contribution in [0.1, 0.15) is 23.2 Å². The molecule has 0 spiro atoms. The molecular formula is C12H13IN2O5. The summed E-state index contributed by atoms with van der Waals surface area (Å²) in [5, 5.41) is 20.7. The molecule has 0 saturated heterocycles. The standard InChI is InChI=1S/C12H13IN2O5/c13-7-2-1-6(5-9(7)16)11(18)15-8(12(19)20)3-4-10(14)17/h1-2,5,8,16H,3-4H2,(H2,14,17)(H,15,18)(H,19,20). The summed E-state index contributed by atoms with van der Waals surface area (Å²) in [6, 6.07) is 3.02. The second kappa shape index (κ2) is 7.08. The third-order valence-electron chi connectivity index (χ3n) is 2.49. The van der Waals surface area contributed by atoms with Crippen LogP contribution in [-0.2, 0) is 9.59 Å². The highest BCUT2D eigenvalue weighted by Gasteiger charge is 2.21. The number of carbonyl (C=O) groups excluding carboxylic acids is 2. The van der Waals surface area contributed by atoms with Crippen molar-refractivity contribution >= 4 is 40.4 Å². The van der Waals surface area contributed by atoms with E-state index in [0.29, 0.717) is 3.57 Å². The summed E-state index contributed by atoms with van der Waals surface area (Å²) >= 11 is 1.89. The van der Waals surface area contributed by atoms with Gasteiger partial charge < -0.3 is 21.3 Å². The molecule has 0 aliphatic carbocycles. The largest absolute Gasteiger partial charge is 0.507 e. The van der Waals surface area contributed by atoms with Crippen molar-refractivity contribution in [3.05, 3.63) is 27.3 Å². The van der Waals surface area contributed by atoms with Crippen LogP contribution in [0.5, 0.6) is 5.75 Å². The van der Waals surface area contributed by atoms with Gasteiger partial charge in [-0.15, -0.1) is 0 Å². The number of hydrogen-bond donors (Lipinski definition) is 4. The minimum absolute atomic E-state index is 0.0674. The van der Waals surface area contributed by atoms with Crippen LogP contribution < -0.4 is 11.1 Å². The Morgan fingerprint density at radius 1 is 1.35 bits per heavy atom. The SMILES string of the molecule is NC(=O)CCC(NC(=O)c1ccc(I)c(O)c1)C(=O)O. The molecule has 108 valence electrons. The zero-order valence-corrected chi connectivity index (χ0v) is 12.5. The molecule has 20 heavy (non-hydrogen) atoms. The number of rotatable bonds is 6. The van der Waals surface area contributed by atoms with E-state index in [4.69, 9.17) is 10.8 Å². The minimum Gasteiger partial charge on any atom is -0.507 e. The Kier molecular flexibility index (Phi) is 5.74. The maximum Gasteiger partial charge on any atom is 0.326 e. The monoisotopic (exact) mass is 392 g/mol. The van der Waals surface area contributed by atoms with Gasteiger partial charge in [0, 0.05) is 12.0 Å². The maximum absolute atomic E-state index is 11.9. The van der Waals surface area contributed by atoms with E-state index in [2.05, 4.69) is 5.32 Å². The van der Waals surface area contributed by atoms with E-state index in [1.807, 2.05) is 22.6 Å². The number of amides is 2. The van der Waals surface area contributed by atoms with Crippen molar-refractivity contribution in [1.29, 1.82) is 0 Å². The molecule has 0 heterocycles. The molecule has 0 saturated carbocycles. The molecule has 0 fully saturated rings. The van der Waals surface area contributed by atoms with Crippen molar-refractivity contribution in [1.82, 2.24) is 5.32 Å². The molecule has 1 atom stereocenters. The van der Waals surface area contributed by atoms with Crippen LogP contribution in [0.2, 0.25) is 0 Å². The highest BCUT2D eigenvalue weighted by atomic mass is 127. The maximum atomic E-state index is 11.9.